The molecule has 2 aliphatic rings. The van der Waals surface area contributed by atoms with E-state index in [9.17, 15) is 4.79 Å². The predicted octanol–water partition coefficient (Wildman–Crippen LogP) is 2.44. The van der Waals surface area contributed by atoms with E-state index in [2.05, 4.69) is 22.3 Å². The molecule has 0 saturated carbocycles. The zero-order valence-electron chi connectivity index (χ0n) is 11.0. The molecule has 4 heteroatoms. The number of carbonyl (C=O) groups excluding carboxylic acids is 1. The fraction of sp³-hybridized carbons (Fsp3) is 0.533. The zero-order chi connectivity index (χ0) is 13.3. The molecule has 0 bridgehead atoms. The summed E-state index contributed by atoms with van der Waals surface area (Å²) in [6.45, 7) is 4.02. The fourth-order valence-corrected chi connectivity index (χ4v) is 3.26. The van der Waals surface area contributed by atoms with Gasteiger partial charge in [-0.25, -0.2) is 0 Å². The highest BCUT2D eigenvalue weighted by atomic mass is 35.5. The van der Waals surface area contributed by atoms with E-state index in [1.807, 2.05) is 12.1 Å². The minimum atomic E-state index is 0.228. The number of rotatable bonds is 2. The number of hydrogen-bond acceptors (Lipinski definition) is 2. The molecule has 0 radical (unpaired) electrons. The number of halogens is 1. The first-order valence-corrected chi connectivity index (χ1v) is 7.27. The molecule has 1 aromatic rings. The van der Waals surface area contributed by atoms with Crippen molar-refractivity contribution in [2.45, 2.75) is 25.8 Å². The smallest absolute Gasteiger partial charge is 0.220 e. The second kappa shape index (κ2) is 5.14. The van der Waals surface area contributed by atoms with Crippen LogP contribution in [0.5, 0.6) is 0 Å². The molecule has 0 aliphatic carbocycles. The third-order valence-electron chi connectivity index (χ3n) is 4.43. The Kier molecular flexibility index (Phi) is 3.50. The van der Waals surface area contributed by atoms with Gasteiger partial charge in [-0.2, -0.15) is 0 Å². The summed E-state index contributed by atoms with van der Waals surface area (Å²) in [6, 6.07) is 8.07. The third kappa shape index (κ3) is 2.93. The second-order valence-electron chi connectivity index (χ2n) is 5.86. The Bertz CT molecular complexity index is 464. The SMILES string of the molecule is O=C1CC2(CCN(Cc3ccc(Cl)cc3)CC2)CN1. The first-order chi connectivity index (χ1) is 9.15. The Balaban J connectivity index is 1.56. The lowest BCUT2D eigenvalue weighted by Gasteiger charge is -2.38. The average Bonchev–Trinajstić information content (AvgIpc) is 2.77. The van der Waals surface area contributed by atoms with Crippen LogP contribution in [0.4, 0.5) is 0 Å². The highest BCUT2D eigenvalue weighted by molar-refractivity contribution is 6.30. The molecule has 2 fully saturated rings. The molecule has 1 aromatic carbocycles. The van der Waals surface area contributed by atoms with Gasteiger partial charge in [-0.3, -0.25) is 9.69 Å². The van der Waals surface area contributed by atoms with Gasteiger partial charge in [0.05, 0.1) is 0 Å². The Hall–Kier alpha value is -1.06. The van der Waals surface area contributed by atoms with Gasteiger partial charge in [-0.1, -0.05) is 23.7 Å². The lowest BCUT2D eigenvalue weighted by Crippen LogP contribution is -2.40. The molecule has 2 saturated heterocycles. The highest BCUT2D eigenvalue weighted by Gasteiger charge is 2.40. The molecule has 1 N–H and O–H groups in total. The normalized spacial score (nSPS) is 22.7. The van der Waals surface area contributed by atoms with Crippen molar-refractivity contribution in [1.82, 2.24) is 10.2 Å². The van der Waals surface area contributed by atoms with Gasteiger partial charge < -0.3 is 5.32 Å². The third-order valence-corrected chi connectivity index (χ3v) is 4.68. The van der Waals surface area contributed by atoms with Gasteiger partial charge in [0, 0.05) is 24.5 Å². The number of hydrogen-bond donors (Lipinski definition) is 1. The maximum absolute atomic E-state index is 11.4. The molecule has 3 rings (SSSR count). The summed E-state index contributed by atoms with van der Waals surface area (Å²) in [4.78, 5) is 13.9. The van der Waals surface area contributed by atoms with E-state index < -0.39 is 0 Å². The van der Waals surface area contributed by atoms with Crippen LogP contribution in [0.3, 0.4) is 0 Å². The summed E-state index contributed by atoms with van der Waals surface area (Å²) in [5.74, 6) is 0.228. The van der Waals surface area contributed by atoms with E-state index in [0.717, 1.165) is 50.5 Å². The first kappa shape index (κ1) is 12.9. The van der Waals surface area contributed by atoms with Crippen molar-refractivity contribution in [3.8, 4) is 0 Å². The quantitative estimate of drug-likeness (QED) is 0.901. The molecule has 2 heterocycles. The molecule has 1 amide bonds. The van der Waals surface area contributed by atoms with Gasteiger partial charge in [0.1, 0.15) is 0 Å². The van der Waals surface area contributed by atoms with Crippen LogP contribution < -0.4 is 5.32 Å². The van der Waals surface area contributed by atoms with Crippen molar-refractivity contribution in [1.29, 1.82) is 0 Å². The first-order valence-electron chi connectivity index (χ1n) is 6.89. The summed E-state index contributed by atoms with van der Waals surface area (Å²) in [7, 11) is 0. The molecule has 0 aromatic heterocycles. The fourth-order valence-electron chi connectivity index (χ4n) is 3.14. The van der Waals surface area contributed by atoms with Crippen LogP contribution >= 0.6 is 11.6 Å². The number of amides is 1. The Morgan fingerprint density at radius 3 is 2.47 bits per heavy atom. The largest absolute Gasteiger partial charge is 0.356 e. The van der Waals surface area contributed by atoms with Crippen molar-refractivity contribution in [2.24, 2.45) is 5.41 Å². The van der Waals surface area contributed by atoms with Crippen molar-refractivity contribution in [3.63, 3.8) is 0 Å². The van der Waals surface area contributed by atoms with Crippen molar-refractivity contribution < 1.29 is 4.79 Å². The molecule has 102 valence electrons. The summed E-state index contributed by atoms with van der Waals surface area (Å²) < 4.78 is 0. The maximum Gasteiger partial charge on any atom is 0.220 e. The lowest BCUT2D eigenvalue weighted by molar-refractivity contribution is -0.119. The van der Waals surface area contributed by atoms with E-state index in [1.54, 1.807) is 0 Å². The Morgan fingerprint density at radius 1 is 1.21 bits per heavy atom. The minimum Gasteiger partial charge on any atom is -0.356 e. The molecule has 19 heavy (non-hydrogen) atoms. The van der Waals surface area contributed by atoms with Crippen LogP contribution in [0.25, 0.3) is 0 Å². The molecule has 0 atom stereocenters. The van der Waals surface area contributed by atoms with Gasteiger partial charge in [0.25, 0.3) is 0 Å². The number of carbonyl (C=O) groups is 1. The van der Waals surface area contributed by atoms with E-state index >= 15 is 0 Å². The predicted molar refractivity (Wildman–Crippen MR) is 76.0 cm³/mol. The summed E-state index contributed by atoms with van der Waals surface area (Å²) >= 11 is 5.90. The Labute approximate surface area is 118 Å². The minimum absolute atomic E-state index is 0.228. The summed E-state index contributed by atoms with van der Waals surface area (Å²) in [5.41, 5.74) is 1.55. The van der Waals surface area contributed by atoms with Gasteiger partial charge in [0.15, 0.2) is 0 Å². The number of piperidine rings is 1. The Morgan fingerprint density at radius 2 is 1.89 bits per heavy atom. The van der Waals surface area contributed by atoms with Gasteiger partial charge in [0.2, 0.25) is 5.91 Å². The molecular weight excluding hydrogens is 260 g/mol. The number of benzene rings is 1. The standard InChI is InChI=1S/C15H19ClN2O/c16-13-3-1-12(2-4-13)10-18-7-5-15(6-8-18)9-14(19)17-11-15/h1-4H,5-11H2,(H,17,19). The molecule has 1 spiro atoms. The number of nitrogens with zero attached hydrogens (tertiary/aromatic N) is 1. The van der Waals surface area contributed by atoms with Gasteiger partial charge >= 0.3 is 0 Å². The van der Waals surface area contributed by atoms with Crippen LogP contribution in [0.15, 0.2) is 24.3 Å². The van der Waals surface area contributed by atoms with Crippen molar-refractivity contribution in [2.75, 3.05) is 19.6 Å². The average molecular weight is 279 g/mol. The monoisotopic (exact) mass is 278 g/mol. The van der Waals surface area contributed by atoms with Crippen LogP contribution in [0.1, 0.15) is 24.8 Å². The zero-order valence-corrected chi connectivity index (χ0v) is 11.7. The van der Waals surface area contributed by atoms with Crippen LogP contribution in [-0.2, 0) is 11.3 Å². The van der Waals surface area contributed by atoms with E-state index in [0.29, 0.717) is 0 Å². The second-order valence-corrected chi connectivity index (χ2v) is 6.29. The van der Waals surface area contributed by atoms with E-state index in [-0.39, 0.29) is 11.3 Å². The highest BCUT2D eigenvalue weighted by Crippen LogP contribution is 2.37. The number of likely N-dealkylation sites (tertiary alicyclic amines) is 1. The van der Waals surface area contributed by atoms with Crippen LogP contribution in [-0.4, -0.2) is 30.4 Å². The van der Waals surface area contributed by atoms with Gasteiger partial charge in [-0.15, -0.1) is 0 Å². The van der Waals surface area contributed by atoms with Crippen molar-refractivity contribution >= 4 is 17.5 Å². The van der Waals surface area contributed by atoms with Crippen molar-refractivity contribution in [3.05, 3.63) is 34.9 Å². The molecule has 3 nitrogen and oxygen atoms in total. The van der Waals surface area contributed by atoms with Gasteiger partial charge in [-0.05, 0) is 49.0 Å². The van der Waals surface area contributed by atoms with Crippen LogP contribution in [0.2, 0.25) is 5.02 Å². The van der Waals surface area contributed by atoms with Crippen LogP contribution in [0, 0.1) is 5.41 Å². The number of nitrogens with one attached hydrogen (secondary N) is 1. The van der Waals surface area contributed by atoms with E-state index in [4.69, 9.17) is 11.6 Å². The lowest BCUT2D eigenvalue weighted by atomic mass is 9.77. The molecule has 0 unspecified atom stereocenters. The summed E-state index contributed by atoms with van der Waals surface area (Å²) in [5, 5.41) is 3.77. The maximum atomic E-state index is 11.4. The molecular formula is C15H19ClN2O. The summed E-state index contributed by atoms with van der Waals surface area (Å²) in [6.07, 6.45) is 2.97. The van der Waals surface area contributed by atoms with E-state index in [1.165, 1.54) is 5.56 Å². The molecule has 2 aliphatic heterocycles. The topological polar surface area (TPSA) is 32.3 Å².